The Kier molecular flexibility index (Phi) is 4.00. The van der Waals surface area contributed by atoms with Crippen LogP contribution in [0, 0.1) is 17.1 Å². The van der Waals surface area contributed by atoms with Crippen LogP contribution in [0.15, 0.2) is 48.7 Å². The zero-order chi connectivity index (χ0) is 12.8. The summed E-state index contributed by atoms with van der Waals surface area (Å²) < 4.78 is 13.5. The zero-order valence-corrected chi connectivity index (χ0v) is 9.68. The standard InChI is InChI=1S/C14H12FN3/c15-13-7-2-1-6-12(13)14(9-16)18-10-11-5-3-4-8-17-11/h1-8,14,18H,10H2. The molecule has 4 heteroatoms. The highest BCUT2D eigenvalue weighted by Gasteiger charge is 2.13. The first-order valence-electron chi connectivity index (χ1n) is 5.58. The summed E-state index contributed by atoms with van der Waals surface area (Å²) >= 11 is 0. The molecule has 0 fully saturated rings. The Morgan fingerprint density at radius 2 is 2.00 bits per heavy atom. The first kappa shape index (κ1) is 12.2. The Morgan fingerprint density at radius 1 is 1.22 bits per heavy atom. The molecule has 1 atom stereocenters. The van der Waals surface area contributed by atoms with Gasteiger partial charge in [-0.1, -0.05) is 24.3 Å². The first-order chi connectivity index (χ1) is 8.81. The third kappa shape index (κ3) is 2.90. The highest BCUT2D eigenvalue weighted by Crippen LogP contribution is 2.16. The quantitative estimate of drug-likeness (QED) is 0.895. The average Bonchev–Trinajstić information content (AvgIpc) is 2.42. The van der Waals surface area contributed by atoms with Crippen molar-refractivity contribution in [3.8, 4) is 6.07 Å². The molecule has 2 aromatic rings. The fraction of sp³-hybridized carbons (Fsp3) is 0.143. The summed E-state index contributed by atoms with van der Waals surface area (Å²) in [5, 5.41) is 12.1. The van der Waals surface area contributed by atoms with Crippen LogP contribution in [0.2, 0.25) is 0 Å². The SMILES string of the molecule is N#CC(NCc1ccccn1)c1ccccc1F. The van der Waals surface area contributed by atoms with E-state index in [2.05, 4.69) is 16.4 Å². The Hall–Kier alpha value is -2.25. The molecule has 2 rings (SSSR count). The molecule has 18 heavy (non-hydrogen) atoms. The number of pyridine rings is 1. The van der Waals surface area contributed by atoms with E-state index < -0.39 is 6.04 Å². The minimum atomic E-state index is -0.673. The van der Waals surface area contributed by atoms with Crippen molar-refractivity contribution < 1.29 is 4.39 Å². The molecule has 1 aromatic carbocycles. The van der Waals surface area contributed by atoms with E-state index in [0.29, 0.717) is 12.1 Å². The maximum Gasteiger partial charge on any atom is 0.129 e. The molecule has 1 heterocycles. The monoisotopic (exact) mass is 241 g/mol. The number of hydrogen-bond donors (Lipinski definition) is 1. The third-order valence-corrected chi connectivity index (χ3v) is 2.56. The van der Waals surface area contributed by atoms with Crippen LogP contribution in [0.5, 0.6) is 0 Å². The van der Waals surface area contributed by atoms with Crippen molar-refractivity contribution in [2.45, 2.75) is 12.6 Å². The Bertz CT molecular complexity index is 548. The van der Waals surface area contributed by atoms with Crippen LogP contribution in [0.25, 0.3) is 0 Å². The predicted octanol–water partition coefficient (Wildman–Crippen LogP) is 2.58. The van der Waals surface area contributed by atoms with Crippen molar-refractivity contribution in [2.75, 3.05) is 0 Å². The Labute approximate surface area is 105 Å². The molecule has 0 bridgehead atoms. The van der Waals surface area contributed by atoms with Crippen LogP contribution in [0.3, 0.4) is 0 Å². The van der Waals surface area contributed by atoms with Crippen molar-refractivity contribution >= 4 is 0 Å². The van der Waals surface area contributed by atoms with E-state index in [1.807, 2.05) is 18.2 Å². The molecule has 0 saturated carbocycles. The lowest BCUT2D eigenvalue weighted by atomic mass is 10.1. The van der Waals surface area contributed by atoms with Crippen molar-refractivity contribution in [1.82, 2.24) is 10.3 Å². The van der Waals surface area contributed by atoms with Gasteiger partial charge in [-0.25, -0.2) is 4.39 Å². The van der Waals surface area contributed by atoms with Gasteiger partial charge in [0.05, 0.1) is 11.8 Å². The van der Waals surface area contributed by atoms with Gasteiger partial charge in [-0.15, -0.1) is 0 Å². The molecule has 0 aliphatic rings. The summed E-state index contributed by atoms with van der Waals surface area (Å²) in [4.78, 5) is 4.14. The van der Waals surface area contributed by atoms with E-state index in [1.54, 1.807) is 24.4 Å². The van der Waals surface area contributed by atoms with E-state index in [-0.39, 0.29) is 5.82 Å². The second kappa shape index (κ2) is 5.89. The van der Waals surface area contributed by atoms with Crippen LogP contribution in [0.4, 0.5) is 4.39 Å². The highest BCUT2D eigenvalue weighted by molar-refractivity contribution is 5.25. The fourth-order valence-electron chi connectivity index (χ4n) is 1.64. The Balaban J connectivity index is 2.08. The molecule has 90 valence electrons. The van der Waals surface area contributed by atoms with E-state index >= 15 is 0 Å². The third-order valence-electron chi connectivity index (χ3n) is 2.56. The molecule has 1 N–H and O–H groups in total. The van der Waals surface area contributed by atoms with Gasteiger partial charge in [0.25, 0.3) is 0 Å². The van der Waals surface area contributed by atoms with E-state index in [0.717, 1.165) is 5.69 Å². The molecular weight excluding hydrogens is 229 g/mol. The second-order valence-corrected chi connectivity index (χ2v) is 3.79. The van der Waals surface area contributed by atoms with Gasteiger partial charge in [0.1, 0.15) is 11.9 Å². The largest absolute Gasteiger partial charge is 0.292 e. The zero-order valence-electron chi connectivity index (χ0n) is 9.68. The summed E-state index contributed by atoms with van der Waals surface area (Å²) in [6, 6.07) is 13.2. The van der Waals surface area contributed by atoms with E-state index in [1.165, 1.54) is 6.07 Å². The second-order valence-electron chi connectivity index (χ2n) is 3.79. The van der Waals surface area contributed by atoms with Crippen molar-refractivity contribution in [1.29, 1.82) is 5.26 Å². The number of benzene rings is 1. The minimum Gasteiger partial charge on any atom is -0.292 e. The summed E-state index contributed by atoms with van der Waals surface area (Å²) in [6.07, 6.45) is 1.68. The van der Waals surface area contributed by atoms with Crippen molar-refractivity contribution in [3.63, 3.8) is 0 Å². The fourth-order valence-corrected chi connectivity index (χ4v) is 1.64. The number of nitrogens with zero attached hydrogens (tertiary/aromatic N) is 2. The minimum absolute atomic E-state index is 0.357. The number of rotatable bonds is 4. The van der Waals surface area contributed by atoms with Gasteiger partial charge in [-0.2, -0.15) is 5.26 Å². The van der Waals surface area contributed by atoms with Crippen LogP contribution in [-0.2, 0) is 6.54 Å². The van der Waals surface area contributed by atoms with Crippen LogP contribution < -0.4 is 5.32 Å². The molecule has 0 amide bonds. The first-order valence-corrected chi connectivity index (χ1v) is 5.58. The van der Waals surface area contributed by atoms with Crippen LogP contribution in [-0.4, -0.2) is 4.98 Å². The predicted molar refractivity (Wildman–Crippen MR) is 65.8 cm³/mol. The number of aromatic nitrogens is 1. The van der Waals surface area contributed by atoms with Gasteiger partial charge in [0, 0.05) is 18.3 Å². The van der Waals surface area contributed by atoms with Crippen molar-refractivity contribution in [3.05, 3.63) is 65.7 Å². The highest BCUT2D eigenvalue weighted by atomic mass is 19.1. The summed E-state index contributed by atoms with van der Waals surface area (Å²) in [7, 11) is 0. The lowest BCUT2D eigenvalue weighted by Gasteiger charge is -2.12. The molecule has 3 nitrogen and oxygen atoms in total. The number of nitrogens with one attached hydrogen (secondary N) is 1. The molecule has 0 spiro atoms. The lowest BCUT2D eigenvalue weighted by Crippen LogP contribution is -2.21. The van der Waals surface area contributed by atoms with E-state index in [9.17, 15) is 4.39 Å². The van der Waals surface area contributed by atoms with Gasteiger partial charge < -0.3 is 0 Å². The molecule has 0 aliphatic heterocycles. The maximum atomic E-state index is 13.5. The van der Waals surface area contributed by atoms with E-state index in [4.69, 9.17) is 5.26 Å². The molecular formula is C14H12FN3. The molecule has 0 saturated heterocycles. The topological polar surface area (TPSA) is 48.7 Å². The molecule has 1 unspecified atom stereocenters. The number of nitriles is 1. The summed E-state index contributed by atoms with van der Waals surface area (Å²) in [6.45, 7) is 0.424. The molecule has 0 radical (unpaired) electrons. The normalized spacial score (nSPS) is 11.8. The van der Waals surface area contributed by atoms with Crippen molar-refractivity contribution in [2.24, 2.45) is 0 Å². The number of halogens is 1. The van der Waals surface area contributed by atoms with Gasteiger partial charge in [0.2, 0.25) is 0 Å². The van der Waals surface area contributed by atoms with Crippen LogP contribution >= 0.6 is 0 Å². The number of hydrogen-bond acceptors (Lipinski definition) is 3. The summed E-state index contributed by atoms with van der Waals surface area (Å²) in [5.41, 5.74) is 1.17. The van der Waals surface area contributed by atoms with Gasteiger partial charge in [0.15, 0.2) is 0 Å². The van der Waals surface area contributed by atoms with Gasteiger partial charge in [-0.05, 0) is 18.2 Å². The van der Waals surface area contributed by atoms with Gasteiger partial charge in [-0.3, -0.25) is 10.3 Å². The average molecular weight is 241 g/mol. The Morgan fingerprint density at radius 3 is 2.67 bits per heavy atom. The molecule has 1 aromatic heterocycles. The maximum absolute atomic E-state index is 13.5. The summed E-state index contributed by atoms with van der Waals surface area (Å²) in [5.74, 6) is -0.377. The smallest absolute Gasteiger partial charge is 0.129 e. The lowest BCUT2D eigenvalue weighted by molar-refractivity contribution is 0.558. The molecule has 0 aliphatic carbocycles. The van der Waals surface area contributed by atoms with Gasteiger partial charge >= 0.3 is 0 Å². The van der Waals surface area contributed by atoms with Crippen LogP contribution in [0.1, 0.15) is 17.3 Å².